The Balaban J connectivity index is 1.63. The van der Waals surface area contributed by atoms with Gasteiger partial charge in [0.05, 0.1) is 19.5 Å². The Morgan fingerprint density at radius 2 is 1.58 bits per heavy atom. The van der Waals surface area contributed by atoms with Gasteiger partial charge in [0.15, 0.2) is 0 Å². The van der Waals surface area contributed by atoms with Crippen LogP contribution in [0, 0.1) is 0 Å². The van der Waals surface area contributed by atoms with E-state index in [2.05, 4.69) is 15.6 Å². The number of aromatic nitrogens is 1. The molecule has 7 nitrogen and oxygen atoms in total. The fourth-order valence-electron chi connectivity index (χ4n) is 2.81. The van der Waals surface area contributed by atoms with Crippen LogP contribution in [0.25, 0.3) is 0 Å². The number of amides is 2. The van der Waals surface area contributed by atoms with Gasteiger partial charge in [0, 0.05) is 16.8 Å². The number of nitrogens with one attached hydrogen (secondary N) is 2. The molecule has 1 heterocycles. The molecule has 8 heteroatoms. The zero-order valence-corrected chi connectivity index (χ0v) is 18.2. The van der Waals surface area contributed by atoms with Crippen LogP contribution < -0.4 is 20.1 Å². The molecular weight excluding hydrogens is 414 g/mol. The zero-order valence-electron chi connectivity index (χ0n) is 17.4. The zero-order chi connectivity index (χ0) is 22.2. The maximum absolute atomic E-state index is 12.8. The van der Waals surface area contributed by atoms with Crippen molar-refractivity contribution < 1.29 is 19.1 Å². The van der Waals surface area contributed by atoms with E-state index in [1.165, 1.54) is 26.0 Å². The standard InChI is InChI=1S/C23H23N3O4S/c1-15(22(27)26-20-9-4-5-14-24-20)31-17-12-10-16(11-13-17)25-23(28)21-18(29-2)7-6-8-19(21)30-3/h4-15H,1-3H3,(H,25,28)(H,24,26,27). The Labute approximate surface area is 185 Å². The lowest BCUT2D eigenvalue weighted by atomic mass is 10.1. The molecule has 3 aromatic rings. The van der Waals surface area contributed by atoms with Crippen LogP contribution >= 0.6 is 11.8 Å². The van der Waals surface area contributed by atoms with Gasteiger partial charge in [-0.3, -0.25) is 9.59 Å². The average molecular weight is 438 g/mol. The molecule has 0 spiro atoms. The van der Waals surface area contributed by atoms with Crippen LogP contribution in [0.2, 0.25) is 0 Å². The van der Waals surface area contributed by atoms with Crippen molar-refractivity contribution in [2.75, 3.05) is 24.9 Å². The lowest BCUT2D eigenvalue weighted by molar-refractivity contribution is -0.115. The second-order valence-corrected chi connectivity index (χ2v) is 7.89. The number of carbonyl (C=O) groups is 2. The highest BCUT2D eigenvalue weighted by atomic mass is 32.2. The van der Waals surface area contributed by atoms with E-state index in [0.717, 1.165) is 4.90 Å². The third-order valence-corrected chi connectivity index (χ3v) is 5.48. The first kappa shape index (κ1) is 22.2. The van der Waals surface area contributed by atoms with Crippen LogP contribution in [-0.4, -0.2) is 36.3 Å². The van der Waals surface area contributed by atoms with Gasteiger partial charge in [-0.15, -0.1) is 11.8 Å². The molecule has 0 saturated heterocycles. The quantitative estimate of drug-likeness (QED) is 0.506. The number of rotatable bonds is 8. The number of methoxy groups -OCH3 is 2. The first-order valence-corrected chi connectivity index (χ1v) is 10.4. The Kier molecular flexibility index (Phi) is 7.50. The second-order valence-electron chi connectivity index (χ2n) is 6.48. The SMILES string of the molecule is COc1cccc(OC)c1C(=O)Nc1ccc(SC(C)C(=O)Nc2ccccn2)cc1. The van der Waals surface area contributed by atoms with Gasteiger partial charge in [0.2, 0.25) is 5.91 Å². The number of anilines is 2. The normalized spacial score (nSPS) is 11.3. The summed E-state index contributed by atoms with van der Waals surface area (Å²) in [5, 5.41) is 5.32. The Bertz CT molecular complexity index is 1020. The van der Waals surface area contributed by atoms with E-state index in [4.69, 9.17) is 9.47 Å². The summed E-state index contributed by atoms with van der Waals surface area (Å²) in [6.07, 6.45) is 1.63. The number of thioether (sulfide) groups is 1. The first-order chi connectivity index (χ1) is 15.0. The lowest BCUT2D eigenvalue weighted by Crippen LogP contribution is -2.22. The lowest BCUT2D eigenvalue weighted by Gasteiger charge is -2.14. The van der Waals surface area contributed by atoms with Gasteiger partial charge in [0.25, 0.3) is 5.91 Å². The van der Waals surface area contributed by atoms with Gasteiger partial charge in [0.1, 0.15) is 22.9 Å². The smallest absolute Gasteiger partial charge is 0.263 e. The van der Waals surface area contributed by atoms with Crippen LogP contribution in [0.5, 0.6) is 11.5 Å². The Morgan fingerprint density at radius 1 is 0.903 bits per heavy atom. The van der Waals surface area contributed by atoms with E-state index in [9.17, 15) is 9.59 Å². The van der Waals surface area contributed by atoms with E-state index in [-0.39, 0.29) is 17.1 Å². The molecule has 1 unspecified atom stereocenters. The maximum Gasteiger partial charge on any atom is 0.263 e. The summed E-state index contributed by atoms with van der Waals surface area (Å²) < 4.78 is 10.6. The number of pyridine rings is 1. The molecule has 0 aliphatic heterocycles. The molecule has 0 radical (unpaired) electrons. The highest BCUT2D eigenvalue weighted by Gasteiger charge is 2.19. The van der Waals surface area contributed by atoms with Crippen LogP contribution in [0.1, 0.15) is 17.3 Å². The van der Waals surface area contributed by atoms with Crippen molar-refractivity contribution in [3.63, 3.8) is 0 Å². The Hall–Kier alpha value is -3.52. The van der Waals surface area contributed by atoms with Crippen LogP contribution in [0.3, 0.4) is 0 Å². The van der Waals surface area contributed by atoms with Crippen LogP contribution in [0.4, 0.5) is 11.5 Å². The van der Waals surface area contributed by atoms with Crippen molar-refractivity contribution in [3.05, 3.63) is 72.4 Å². The number of ether oxygens (including phenoxy) is 2. The minimum absolute atomic E-state index is 0.135. The largest absolute Gasteiger partial charge is 0.496 e. The first-order valence-electron chi connectivity index (χ1n) is 9.52. The van der Waals surface area contributed by atoms with Gasteiger partial charge in [-0.2, -0.15) is 0 Å². The summed E-state index contributed by atoms with van der Waals surface area (Å²) in [5.41, 5.74) is 0.943. The topological polar surface area (TPSA) is 89.5 Å². The summed E-state index contributed by atoms with van der Waals surface area (Å²) in [7, 11) is 3.01. The molecular formula is C23H23N3O4S. The maximum atomic E-state index is 12.8. The van der Waals surface area contributed by atoms with E-state index in [1.54, 1.807) is 48.7 Å². The molecule has 31 heavy (non-hydrogen) atoms. The highest BCUT2D eigenvalue weighted by Crippen LogP contribution is 2.30. The summed E-state index contributed by atoms with van der Waals surface area (Å²) in [6, 6.07) is 17.8. The third-order valence-electron chi connectivity index (χ3n) is 4.37. The van der Waals surface area contributed by atoms with Crippen molar-refractivity contribution in [1.82, 2.24) is 4.98 Å². The molecule has 0 bridgehead atoms. The third kappa shape index (κ3) is 5.76. The van der Waals surface area contributed by atoms with Crippen molar-refractivity contribution in [2.24, 2.45) is 0 Å². The number of carbonyl (C=O) groups excluding carboxylic acids is 2. The van der Waals surface area contributed by atoms with E-state index >= 15 is 0 Å². The minimum atomic E-state index is -0.335. The van der Waals surface area contributed by atoms with Crippen molar-refractivity contribution in [2.45, 2.75) is 17.1 Å². The molecule has 2 N–H and O–H groups in total. The van der Waals surface area contributed by atoms with Crippen molar-refractivity contribution in [1.29, 1.82) is 0 Å². The van der Waals surface area contributed by atoms with Gasteiger partial charge < -0.3 is 20.1 Å². The summed E-state index contributed by atoms with van der Waals surface area (Å²) in [5.74, 6) is 0.903. The molecule has 160 valence electrons. The second kappa shape index (κ2) is 10.5. The summed E-state index contributed by atoms with van der Waals surface area (Å²) in [4.78, 5) is 30.1. The number of benzene rings is 2. The van der Waals surface area contributed by atoms with E-state index < -0.39 is 0 Å². The fraction of sp³-hybridized carbons (Fsp3) is 0.174. The average Bonchev–Trinajstić information content (AvgIpc) is 2.80. The minimum Gasteiger partial charge on any atom is -0.496 e. The molecule has 0 aliphatic rings. The Morgan fingerprint density at radius 3 is 2.16 bits per heavy atom. The highest BCUT2D eigenvalue weighted by molar-refractivity contribution is 8.00. The summed E-state index contributed by atoms with van der Waals surface area (Å²) >= 11 is 1.41. The van der Waals surface area contributed by atoms with Gasteiger partial charge in [-0.25, -0.2) is 4.98 Å². The van der Waals surface area contributed by atoms with Crippen LogP contribution in [-0.2, 0) is 4.79 Å². The van der Waals surface area contributed by atoms with Crippen molar-refractivity contribution in [3.8, 4) is 11.5 Å². The summed E-state index contributed by atoms with van der Waals surface area (Å²) in [6.45, 7) is 1.83. The molecule has 0 saturated carbocycles. The van der Waals surface area contributed by atoms with Gasteiger partial charge in [-0.1, -0.05) is 12.1 Å². The van der Waals surface area contributed by atoms with E-state index in [1.807, 2.05) is 25.1 Å². The predicted octanol–water partition coefficient (Wildman–Crippen LogP) is 4.47. The number of nitrogens with zero attached hydrogens (tertiary/aromatic N) is 1. The molecule has 2 amide bonds. The van der Waals surface area contributed by atoms with Crippen molar-refractivity contribution >= 4 is 35.1 Å². The molecule has 0 aliphatic carbocycles. The van der Waals surface area contributed by atoms with Gasteiger partial charge >= 0.3 is 0 Å². The number of hydrogen-bond donors (Lipinski definition) is 2. The molecule has 2 aromatic carbocycles. The van der Waals surface area contributed by atoms with E-state index in [0.29, 0.717) is 28.6 Å². The molecule has 1 atom stereocenters. The molecule has 3 rings (SSSR count). The fourth-order valence-corrected chi connectivity index (χ4v) is 3.68. The molecule has 1 aromatic heterocycles. The molecule has 0 fully saturated rings. The monoisotopic (exact) mass is 437 g/mol. The van der Waals surface area contributed by atoms with Crippen LogP contribution in [0.15, 0.2) is 71.8 Å². The van der Waals surface area contributed by atoms with Gasteiger partial charge in [-0.05, 0) is 55.5 Å². The number of hydrogen-bond acceptors (Lipinski definition) is 6. The predicted molar refractivity (Wildman–Crippen MR) is 122 cm³/mol.